The molecule has 0 fully saturated rings. The number of halogens is 2. The van der Waals surface area contributed by atoms with Crippen LogP contribution in [0.4, 0.5) is 5.69 Å². The van der Waals surface area contributed by atoms with Crippen molar-refractivity contribution in [1.29, 1.82) is 0 Å². The van der Waals surface area contributed by atoms with Crippen molar-refractivity contribution in [3.63, 3.8) is 0 Å². The molecule has 0 spiro atoms. The second-order valence-electron chi connectivity index (χ2n) is 5.54. The molecule has 0 atom stereocenters. The second kappa shape index (κ2) is 8.67. The summed E-state index contributed by atoms with van der Waals surface area (Å²) in [7, 11) is 0. The van der Waals surface area contributed by atoms with Gasteiger partial charge in [-0.3, -0.25) is 10.1 Å². The Morgan fingerprint density at radius 2 is 2.00 bits per heavy atom. The third kappa shape index (κ3) is 4.95. The predicted octanol–water partition coefficient (Wildman–Crippen LogP) is 4.98. The maximum Gasteiger partial charge on any atom is 0.257 e. The molecule has 0 unspecified atom stereocenters. The fraction of sp³-hybridized carbons (Fsp3) is 0.0526. The largest absolute Gasteiger partial charge is 0.459 e. The van der Waals surface area contributed by atoms with E-state index in [4.69, 9.17) is 33.3 Å². The van der Waals surface area contributed by atoms with Crippen LogP contribution in [0.2, 0.25) is 5.02 Å². The van der Waals surface area contributed by atoms with Crippen molar-refractivity contribution < 1.29 is 14.3 Å². The van der Waals surface area contributed by atoms with Gasteiger partial charge in [0.2, 0.25) is 0 Å². The van der Waals surface area contributed by atoms with E-state index in [2.05, 4.69) is 26.6 Å². The SMILES string of the molecule is O=C(NC(=S)Nc1cc(-c2ccc(CO)o2)ccc1Cl)c1cccc(Br)c1. The molecule has 3 rings (SSSR count). The summed E-state index contributed by atoms with van der Waals surface area (Å²) in [5.41, 5.74) is 1.75. The van der Waals surface area contributed by atoms with Crippen molar-refractivity contribution in [3.05, 3.63) is 75.4 Å². The van der Waals surface area contributed by atoms with E-state index in [1.807, 2.05) is 6.07 Å². The Labute approximate surface area is 174 Å². The molecule has 2 aromatic carbocycles. The molecule has 138 valence electrons. The fourth-order valence-corrected chi connectivity index (χ4v) is 3.12. The van der Waals surface area contributed by atoms with E-state index in [1.165, 1.54) is 0 Å². The highest BCUT2D eigenvalue weighted by Gasteiger charge is 2.12. The van der Waals surface area contributed by atoms with Crippen molar-refractivity contribution in [2.24, 2.45) is 0 Å². The lowest BCUT2D eigenvalue weighted by Gasteiger charge is -2.12. The Balaban J connectivity index is 1.73. The number of hydrogen-bond acceptors (Lipinski definition) is 4. The molecule has 1 amide bonds. The maximum atomic E-state index is 12.3. The number of aliphatic hydroxyl groups is 1. The normalized spacial score (nSPS) is 10.5. The number of nitrogens with one attached hydrogen (secondary N) is 2. The highest BCUT2D eigenvalue weighted by molar-refractivity contribution is 9.10. The first-order valence-corrected chi connectivity index (χ1v) is 9.41. The molecule has 0 saturated heterocycles. The number of aliphatic hydroxyl groups excluding tert-OH is 1. The third-order valence-electron chi connectivity index (χ3n) is 3.63. The summed E-state index contributed by atoms with van der Waals surface area (Å²) in [4.78, 5) is 12.3. The number of carbonyl (C=O) groups is 1. The van der Waals surface area contributed by atoms with E-state index < -0.39 is 0 Å². The van der Waals surface area contributed by atoms with E-state index in [-0.39, 0.29) is 17.6 Å². The molecule has 0 aliphatic carbocycles. The van der Waals surface area contributed by atoms with Crippen LogP contribution in [0, 0.1) is 0 Å². The van der Waals surface area contributed by atoms with Crippen LogP contribution in [0.5, 0.6) is 0 Å². The molecule has 3 N–H and O–H groups in total. The first-order chi connectivity index (χ1) is 13.0. The zero-order valence-corrected chi connectivity index (χ0v) is 17.0. The van der Waals surface area contributed by atoms with Crippen molar-refractivity contribution in [2.45, 2.75) is 6.61 Å². The van der Waals surface area contributed by atoms with Gasteiger partial charge in [0.1, 0.15) is 18.1 Å². The molecule has 0 bridgehead atoms. The van der Waals surface area contributed by atoms with Crippen molar-refractivity contribution in [2.75, 3.05) is 5.32 Å². The Morgan fingerprint density at radius 3 is 2.70 bits per heavy atom. The second-order valence-corrected chi connectivity index (χ2v) is 7.27. The van der Waals surface area contributed by atoms with E-state index in [0.29, 0.717) is 27.8 Å². The Bertz CT molecular complexity index is 1010. The summed E-state index contributed by atoms with van der Waals surface area (Å²) in [6, 6.07) is 15.7. The van der Waals surface area contributed by atoms with Gasteiger partial charge in [0.25, 0.3) is 5.91 Å². The van der Waals surface area contributed by atoms with E-state index in [9.17, 15) is 4.79 Å². The first kappa shape index (κ1) is 19.6. The average Bonchev–Trinajstić information content (AvgIpc) is 3.12. The number of hydrogen-bond donors (Lipinski definition) is 3. The quantitative estimate of drug-likeness (QED) is 0.474. The van der Waals surface area contributed by atoms with Gasteiger partial charge in [0.05, 0.1) is 10.7 Å². The molecule has 1 aromatic heterocycles. The van der Waals surface area contributed by atoms with E-state index in [1.54, 1.807) is 48.5 Å². The van der Waals surface area contributed by atoms with Crippen molar-refractivity contribution in [1.82, 2.24) is 5.32 Å². The average molecular weight is 466 g/mol. The highest BCUT2D eigenvalue weighted by Crippen LogP contribution is 2.30. The molecule has 5 nitrogen and oxygen atoms in total. The van der Waals surface area contributed by atoms with Gasteiger partial charge < -0.3 is 14.8 Å². The Hall–Kier alpha value is -2.19. The van der Waals surface area contributed by atoms with Gasteiger partial charge in [-0.2, -0.15) is 0 Å². The molecular weight excluding hydrogens is 452 g/mol. The van der Waals surface area contributed by atoms with E-state index in [0.717, 1.165) is 10.0 Å². The first-order valence-electron chi connectivity index (χ1n) is 7.83. The number of furan rings is 1. The monoisotopic (exact) mass is 464 g/mol. The summed E-state index contributed by atoms with van der Waals surface area (Å²) in [5, 5.41) is 15.2. The molecule has 0 radical (unpaired) electrons. The smallest absolute Gasteiger partial charge is 0.257 e. The van der Waals surface area contributed by atoms with Gasteiger partial charge in [-0.15, -0.1) is 0 Å². The summed E-state index contributed by atoms with van der Waals surface area (Å²) in [5.74, 6) is 0.717. The van der Waals surface area contributed by atoms with Crippen LogP contribution in [0.15, 0.2) is 63.5 Å². The molecular formula is C19H14BrClN2O3S. The zero-order chi connectivity index (χ0) is 19.4. The summed E-state index contributed by atoms with van der Waals surface area (Å²) in [6.45, 7) is -0.176. The zero-order valence-electron chi connectivity index (χ0n) is 13.8. The van der Waals surface area contributed by atoms with Gasteiger partial charge in [-0.25, -0.2) is 0 Å². The van der Waals surface area contributed by atoms with Gasteiger partial charge in [-0.1, -0.05) is 33.6 Å². The maximum absolute atomic E-state index is 12.3. The van der Waals surface area contributed by atoms with Crippen LogP contribution >= 0.6 is 39.7 Å². The number of carbonyl (C=O) groups excluding carboxylic acids is 1. The number of thiocarbonyl (C=S) groups is 1. The lowest BCUT2D eigenvalue weighted by Crippen LogP contribution is -2.34. The number of rotatable bonds is 4. The standard InChI is InChI=1S/C19H14BrClN2O3S/c20-13-3-1-2-12(8-13)18(25)23-19(27)22-16-9-11(4-6-15(16)21)17-7-5-14(10-24)26-17/h1-9,24H,10H2,(H2,22,23,25,27). The topological polar surface area (TPSA) is 74.5 Å². The minimum atomic E-state index is -0.334. The molecule has 1 heterocycles. The van der Waals surface area contributed by atoms with Crippen LogP contribution in [0.25, 0.3) is 11.3 Å². The van der Waals surface area contributed by atoms with Gasteiger partial charge >= 0.3 is 0 Å². The Morgan fingerprint density at radius 1 is 1.19 bits per heavy atom. The highest BCUT2D eigenvalue weighted by atomic mass is 79.9. The van der Waals surface area contributed by atoms with Crippen LogP contribution in [-0.4, -0.2) is 16.1 Å². The molecule has 0 aliphatic rings. The van der Waals surface area contributed by atoms with Gasteiger partial charge in [0.15, 0.2) is 5.11 Å². The van der Waals surface area contributed by atoms with Gasteiger partial charge in [0, 0.05) is 15.6 Å². The van der Waals surface area contributed by atoms with Crippen LogP contribution in [0.1, 0.15) is 16.1 Å². The number of anilines is 1. The fourth-order valence-electron chi connectivity index (χ4n) is 2.35. The molecule has 0 aliphatic heterocycles. The van der Waals surface area contributed by atoms with Gasteiger partial charge in [-0.05, 0) is 60.7 Å². The molecule has 3 aromatic rings. The molecule has 8 heteroatoms. The minimum Gasteiger partial charge on any atom is -0.459 e. The predicted molar refractivity (Wildman–Crippen MR) is 113 cm³/mol. The molecule has 27 heavy (non-hydrogen) atoms. The summed E-state index contributed by atoms with van der Waals surface area (Å²) >= 11 is 14.8. The van der Waals surface area contributed by atoms with Crippen molar-refractivity contribution >= 4 is 56.5 Å². The lowest BCUT2D eigenvalue weighted by molar-refractivity contribution is 0.0977. The van der Waals surface area contributed by atoms with Crippen molar-refractivity contribution in [3.8, 4) is 11.3 Å². The van der Waals surface area contributed by atoms with Crippen LogP contribution in [0.3, 0.4) is 0 Å². The third-order valence-corrected chi connectivity index (χ3v) is 4.66. The minimum absolute atomic E-state index is 0.120. The van der Waals surface area contributed by atoms with Crippen LogP contribution < -0.4 is 10.6 Å². The number of amides is 1. The van der Waals surface area contributed by atoms with E-state index >= 15 is 0 Å². The van der Waals surface area contributed by atoms with Crippen LogP contribution in [-0.2, 0) is 6.61 Å². The summed E-state index contributed by atoms with van der Waals surface area (Å²) < 4.78 is 6.32. The number of benzene rings is 2. The molecule has 0 saturated carbocycles. The Kier molecular flexibility index (Phi) is 6.28. The summed E-state index contributed by atoms with van der Waals surface area (Å²) in [6.07, 6.45) is 0. The lowest BCUT2D eigenvalue weighted by atomic mass is 10.1.